The largest absolute Gasteiger partial charge is 0.299 e. The highest BCUT2D eigenvalue weighted by molar-refractivity contribution is 5.24. The maximum Gasteiger partial charge on any atom is 0.123 e. The molecule has 1 fully saturated rings. The third kappa shape index (κ3) is 4.77. The number of benzene rings is 1. The van der Waals surface area contributed by atoms with Crippen LogP contribution in [0.15, 0.2) is 67.0 Å². The van der Waals surface area contributed by atoms with Crippen molar-refractivity contribution in [1.82, 2.24) is 14.9 Å². The van der Waals surface area contributed by atoms with Crippen LogP contribution in [-0.4, -0.2) is 28.0 Å². The average molecular weight is 361 g/mol. The molecule has 0 N–H and O–H groups in total. The highest BCUT2D eigenvalue weighted by Gasteiger charge is 2.21. The van der Waals surface area contributed by atoms with Crippen molar-refractivity contribution in [2.24, 2.45) is 0 Å². The number of piperidine rings is 1. The van der Waals surface area contributed by atoms with Gasteiger partial charge in [0.2, 0.25) is 0 Å². The highest BCUT2D eigenvalue weighted by Crippen LogP contribution is 2.27. The van der Waals surface area contributed by atoms with Crippen molar-refractivity contribution >= 4 is 0 Å². The van der Waals surface area contributed by atoms with Crippen LogP contribution in [0.4, 0.5) is 4.39 Å². The zero-order chi connectivity index (χ0) is 18.5. The molecule has 3 heterocycles. The minimum Gasteiger partial charge on any atom is -0.299 e. The molecular weight excluding hydrogens is 337 g/mol. The van der Waals surface area contributed by atoms with Gasteiger partial charge in [-0.3, -0.25) is 14.9 Å². The summed E-state index contributed by atoms with van der Waals surface area (Å²) >= 11 is 0. The van der Waals surface area contributed by atoms with E-state index in [9.17, 15) is 4.39 Å². The van der Waals surface area contributed by atoms with E-state index in [0.29, 0.717) is 12.3 Å². The molecule has 0 unspecified atom stereocenters. The molecule has 0 spiro atoms. The number of aromatic nitrogens is 2. The fraction of sp³-hybridized carbons (Fsp3) is 0.304. The van der Waals surface area contributed by atoms with Gasteiger partial charge in [0.15, 0.2) is 0 Å². The van der Waals surface area contributed by atoms with Crippen molar-refractivity contribution in [3.8, 4) is 0 Å². The van der Waals surface area contributed by atoms with Crippen molar-refractivity contribution in [3.05, 3.63) is 95.3 Å². The number of hydrogen-bond donors (Lipinski definition) is 0. The lowest BCUT2D eigenvalue weighted by molar-refractivity contribution is 0.203. The standard InChI is InChI=1S/C23H24FN3/c24-21-6-1-4-18(14-21)15-22-7-2-8-23(26-22)20-9-12-27(13-10-20)17-19-5-3-11-25-16-19/h1-8,11,14,16,20H,9-10,12-13,15,17H2. The van der Waals surface area contributed by atoms with Gasteiger partial charge in [0.25, 0.3) is 0 Å². The minimum absolute atomic E-state index is 0.190. The molecular formula is C23H24FN3. The third-order valence-electron chi connectivity index (χ3n) is 5.24. The maximum absolute atomic E-state index is 13.4. The summed E-state index contributed by atoms with van der Waals surface area (Å²) in [4.78, 5) is 11.6. The van der Waals surface area contributed by atoms with Gasteiger partial charge in [-0.25, -0.2) is 4.39 Å². The van der Waals surface area contributed by atoms with Crippen LogP contribution in [0.2, 0.25) is 0 Å². The van der Waals surface area contributed by atoms with Crippen molar-refractivity contribution in [1.29, 1.82) is 0 Å². The van der Waals surface area contributed by atoms with Crippen LogP contribution in [0.1, 0.15) is 41.3 Å². The first-order valence-corrected chi connectivity index (χ1v) is 9.58. The molecule has 0 saturated carbocycles. The second-order valence-corrected chi connectivity index (χ2v) is 7.27. The molecule has 138 valence electrons. The maximum atomic E-state index is 13.4. The lowest BCUT2D eigenvalue weighted by Crippen LogP contribution is -2.32. The topological polar surface area (TPSA) is 29.0 Å². The van der Waals surface area contributed by atoms with Crippen molar-refractivity contribution < 1.29 is 4.39 Å². The van der Waals surface area contributed by atoms with Gasteiger partial charge in [0, 0.05) is 42.7 Å². The summed E-state index contributed by atoms with van der Waals surface area (Å²) in [6.07, 6.45) is 6.68. The summed E-state index contributed by atoms with van der Waals surface area (Å²) in [7, 11) is 0. The molecule has 3 aromatic rings. The molecule has 0 aliphatic carbocycles. The van der Waals surface area contributed by atoms with Crippen LogP contribution in [0.5, 0.6) is 0 Å². The molecule has 0 bridgehead atoms. The van der Waals surface area contributed by atoms with Crippen molar-refractivity contribution in [2.75, 3.05) is 13.1 Å². The van der Waals surface area contributed by atoms with Crippen LogP contribution < -0.4 is 0 Å². The molecule has 1 aromatic carbocycles. The molecule has 1 aliphatic heterocycles. The van der Waals surface area contributed by atoms with Crippen molar-refractivity contribution in [2.45, 2.75) is 31.7 Å². The van der Waals surface area contributed by atoms with E-state index >= 15 is 0 Å². The summed E-state index contributed by atoms with van der Waals surface area (Å²) in [6, 6.07) is 17.2. The second-order valence-electron chi connectivity index (χ2n) is 7.27. The molecule has 1 saturated heterocycles. The first kappa shape index (κ1) is 17.8. The van der Waals surface area contributed by atoms with E-state index in [1.807, 2.05) is 30.6 Å². The Morgan fingerprint density at radius 2 is 1.78 bits per heavy atom. The third-order valence-corrected chi connectivity index (χ3v) is 5.24. The predicted octanol–water partition coefficient (Wildman–Crippen LogP) is 4.59. The summed E-state index contributed by atoms with van der Waals surface area (Å²) in [5, 5.41) is 0. The van der Waals surface area contributed by atoms with E-state index in [-0.39, 0.29) is 5.82 Å². The van der Waals surface area contributed by atoms with Crippen LogP contribution >= 0.6 is 0 Å². The molecule has 0 atom stereocenters. The number of halogens is 1. The highest BCUT2D eigenvalue weighted by atomic mass is 19.1. The monoisotopic (exact) mass is 361 g/mol. The van der Waals surface area contributed by atoms with Crippen LogP contribution in [0.3, 0.4) is 0 Å². The lowest BCUT2D eigenvalue weighted by atomic mass is 9.92. The lowest BCUT2D eigenvalue weighted by Gasteiger charge is -2.31. The van der Waals surface area contributed by atoms with Gasteiger partial charge >= 0.3 is 0 Å². The SMILES string of the molecule is Fc1cccc(Cc2cccc(C3CCN(Cc4cccnc4)CC3)n2)c1. The summed E-state index contributed by atoms with van der Waals surface area (Å²) in [6.45, 7) is 3.12. The summed E-state index contributed by atoms with van der Waals surface area (Å²) < 4.78 is 13.4. The van der Waals surface area contributed by atoms with Gasteiger partial charge in [0.05, 0.1) is 0 Å². The van der Waals surface area contributed by atoms with Crippen molar-refractivity contribution in [3.63, 3.8) is 0 Å². The molecule has 4 heteroatoms. The number of nitrogens with zero attached hydrogens (tertiary/aromatic N) is 3. The summed E-state index contributed by atoms with van der Waals surface area (Å²) in [5.74, 6) is 0.312. The first-order chi connectivity index (χ1) is 13.3. The van der Waals surface area contributed by atoms with E-state index in [1.165, 1.54) is 17.3 Å². The zero-order valence-electron chi connectivity index (χ0n) is 15.4. The van der Waals surface area contributed by atoms with Gasteiger partial charge in [0.1, 0.15) is 5.82 Å². The molecule has 4 rings (SSSR count). The number of likely N-dealkylation sites (tertiary alicyclic amines) is 1. The Morgan fingerprint density at radius 3 is 2.56 bits per heavy atom. The fourth-order valence-corrected chi connectivity index (χ4v) is 3.82. The summed E-state index contributed by atoms with van der Waals surface area (Å²) in [5.41, 5.74) is 4.41. The van der Waals surface area contributed by atoms with Gasteiger partial charge < -0.3 is 0 Å². The Kier molecular flexibility index (Phi) is 5.54. The molecule has 2 aromatic heterocycles. The van der Waals surface area contributed by atoms with E-state index < -0.39 is 0 Å². The average Bonchev–Trinajstić information content (AvgIpc) is 2.70. The van der Waals surface area contributed by atoms with Crippen LogP contribution in [-0.2, 0) is 13.0 Å². The van der Waals surface area contributed by atoms with Crippen LogP contribution in [0, 0.1) is 5.82 Å². The normalized spacial score (nSPS) is 15.7. The number of rotatable bonds is 5. The molecule has 27 heavy (non-hydrogen) atoms. The van der Waals surface area contributed by atoms with Gasteiger partial charge in [-0.2, -0.15) is 0 Å². The van der Waals surface area contributed by atoms with Gasteiger partial charge in [-0.15, -0.1) is 0 Å². The molecule has 0 radical (unpaired) electrons. The number of hydrogen-bond acceptors (Lipinski definition) is 3. The van der Waals surface area contributed by atoms with Crippen LogP contribution in [0.25, 0.3) is 0 Å². The van der Waals surface area contributed by atoms with Gasteiger partial charge in [-0.1, -0.05) is 24.3 Å². The fourth-order valence-electron chi connectivity index (χ4n) is 3.82. The van der Waals surface area contributed by atoms with E-state index in [4.69, 9.17) is 4.98 Å². The Bertz CT molecular complexity index is 874. The van der Waals surface area contributed by atoms with E-state index in [0.717, 1.165) is 43.7 Å². The Balaban J connectivity index is 1.37. The molecule has 1 aliphatic rings. The minimum atomic E-state index is -0.190. The second kappa shape index (κ2) is 8.40. The zero-order valence-corrected chi connectivity index (χ0v) is 15.4. The van der Waals surface area contributed by atoms with E-state index in [2.05, 4.69) is 28.1 Å². The number of pyridine rings is 2. The molecule has 0 amide bonds. The Labute approximate surface area is 159 Å². The smallest absolute Gasteiger partial charge is 0.123 e. The quantitative estimate of drug-likeness (QED) is 0.666. The Morgan fingerprint density at radius 1 is 0.963 bits per heavy atom. The van der Waals surface area contributed by atoms with Gasteiger partial charge in [-0.05, 0) is 67.4 Å². The molecule has 3 nitrogen and oxygen atoms in total. The predicted molar refractivity (Wildman–Crippen MR) is 105 cm³/mol. The first-order valence-electron chi connectivity index (χ1n) is 9.58. The van der Waals surface area contributed by atoms with E-state index in [1.54, 1.807) is 12.1 Å². The Hall–Kier alpha value is -2.59.